The first kappa shape index (κ1) is 26.7. The Labute approximate surface area is 225 Å². The molecule has 1 aliphatic heterocycles. The van der Waals surface area contributed by atoms with Crippen molar-refractivity contribution in [1.82, 2.24) is 4.98 Å². The maximum absolute atomic E-state index is 13.7. The molecule has 1 aliphatic rings. The molecule has 0 saturated carbocycles. The average Bonchev–Trinajstić information content (AvgIpc) is 2.82. The zero-order valence-corrected chi connectivity index (χ0v) is 22.4. The van der Waals surface area contributed by atoms with E-state index in [9.17, 15) is 18.3 Å². The SMILES string of the molecule is C[C@@H](O)CC[C@@H]1Cc2ncc(NC(=O)c3c(Cl)cccc3Cl)cc2N(S(=O)(=O)c2cccc(Cl)c2)C1. The number of pyridine rings is 1. The Morgan fingerprint density at radius 3 is 2.53 bits per heavy atom. The number of amides is 1. The normalized spacial score (nSPS) is 16.4. The quantitative estimate of drug-likeness (QED) is 0.374. The van der Waals surface area contributed by atoms with Crippen LogP contribution in [0.4, 0.5) is 11.4 Å². The fraction of sp³-hybridized carbons (Fsp3) is 0.280. The number of rotatable bonds is 7. The number of hydrogen-bond acceptors (Lipinski definition) is 5. The van der Waals surface area contributed by atoms with Gasteiger partial charge in [0, 0.05) is 11.6 Å². The summed E-state index contributed by atoms with van der Waals surface area (Å²) in [5.74, 6) is -0.585. The number of anilines is 2. The van der Waals surface area contributed by atoms with Crippen molar-refractivity contribution in [3.63, 3.8) is 0 Å². The first-order valence-corrected chi connectivity index (χ1v) is 13.8. The lowest BCUT2D eigenvalue weighted by atomic mass is 9.92. The third-order valence-electron chi connectivity index (χ3n) is 5.95. The lowest BCUT2D eigenvalue weighted by Crippen LogP contribution is -2.40. The van der Waals surface area contributed by atoms with Gasteiger partial charge in [0.15, 0.2) is 0 Å². The molecule has 0 unspecified atom stereocenters. The summed E-state index contributed by atoms with van der Waals surface area (Å²) in [4.78, 5) is 17.4. The molecule has 2 atom stereocenters. The number of hydrogen-bond donors (Lipinski definition) is 2. The number of carbonyl (C=O) groups excluding carboxylic acids is 1. The van der Waals surface area contributed by atoms with E-state index in [0.29, 0.717) is 41.4 Å². The van der Waals surface area contributed by atoms with Gasteiger partial charge in [0.25, 0.3) is 15.9 Å². The molecule has 3 aromatic rings. The number of fused-ring (bicyclic) bond motifs is 1. The molecule has 1 aromatic heterocycles. The third kappa shape index (κ3) is 5.79. The van der Waals surface area contributed by atoms with E-state index in [4.69, 9.17) is 34.8 Å². The first-order chi connectivity index (χ1) is 17.1. The summed E-state index contributed by atoms with van der Waals surface area (Å²) in [6, 6.07) is 12.4. The highest BCUT2D eigenvalue weighted by Gasteiger charge is 2.34. The lowest BCUT2D eigenvalue weighted by Gasteiger charge is -2.35. The van der Waals surface area contributed by atoms with E-state index >= 15 is 0 Å². The summed E-state index contributed by atoms with van der Waals surface area (Å²) in [6.07, 6.45) is 2.69. The minimum Gasteiger partial charge on any atom is -0.393 e. The summed E-state index contributed by atoms with van der Waals surface area (Å²) >= 11 is 18.4. The fourth-order valence-corrected chi connectivity index (χ4v) is 6.58. The number of sulfonamides is 1. The van der Waals surface area contributed by atoms with Crippen molar-refractivity contribution >= 4 is 62.1 Å². The lowest BCUT2D eigenvalue weighted by molar-refractivity contribution is 0.102. The topological polar surface area (TPSA) is 99.6 Å². The van der Waals surface area contributed by atoms with Crippen molar-refractivity contribution in [2.24, 2.45) is 5.92 Å². The van der Waals surface area contributed by atoms with Crippen LogP contribution in [0.5, 0.6) is 0 Å². The highest BCUT2D eigenvalue weighted by molar-refractivity contribution is 7.92. The third-order valence-corrected chi connectivity index (χ3v) is 8.59. The Hall–Kier alpha value is -2.36. The molecule has 190 valence electrons. The van der Waals surface area contributed by atoms with Gasteiger partial charge >= 0.3 is 0 Å². The molecular weight excluding hydrogens is 545 g/mol. The zero-order chi connectivity index (χ0) is 26.0. The minimum absolute atomic E-state index is 0.0454. The number of halogens is 3. The molecule has 2 N–H and O–H groups in total. The van der Waals surface area contributed by atoms with Gasteiger partial charge in [-0.1, -0.05) is 46.9 Å². The van der Waals surface area contributed by atoms with E-state index in [1.54, 1.807) is 43.3 Å². The monoisotopic (exact) mass is 567 g/mol. The Bertz CT molecular complexity index is 1380. The van der Waals surface area contributed by atoms with E-state index in [1.807, 2.05) is 0 Å². The van der Waals surface area contributed by atoms with E-state index in [0.717, 1.165) is 0 Å². The molecule has 0 saturated heterocycles. The second kappa shape index (κ2) is 10.9. The molecule has 11 heteroatoms. The molecular formula is C25H24Cl3N3O4S. The summed E-state index contributed by atoms with van der Waals surface area (Å²) in [5.41, 5.74) is 1.35. The summed E-state index contributed by atoms with van der Waals surface area (Å²) in [5, 5.41) is 13.1. The predicted molar refractivity (Wildman–Crippen MR) is 143 cm³/mol. The van der Waals surface area contributed by atoms with E-state index in [-0.39, 0.29) is 33.0 Å². The number of aromatic nitrogens is 1. The number of carbonyl (C=O) groups is 1. The number of aliphatic hydroxyl groups excluding tert-OH is 1. The van der Waals surface area contributed by atoms with Gasteiger partial charge in [0.2, 0.25) is 0 Å². The minimum atomic E-state index is -3.99. The van der Waals surface area contributed by atoms with Crippen molar-refractivity contribution in [3.8, 4) is 0 Å². The average molecular weight is 569 g/mol. The van der Waals surface area contributed by atoms with Gasteiger partial charge in [-0.2, -0.15) is 0 Å². The second-order valence-electron chi connectivity index (χ2n) is 8.73. The molecule has 2 heterocycles. The van der Waals surface area contributed by atoms with Crippen LogP contribution in [0.3, 0.4) is 0 Å². The first-order valence-electron chi connectivity index (χ1n) is 11.3. The number of nitrogens with one attached hydrogen (secondary N) is 1. The predicted octanol–water partition coefficient (Wildman–Crippen LogP) is 5.82. The zero-order valence-electron chi connectivity index (χ0n) is 19.3. The highest BCUT2D eigenvalue weighted by atomic mass is 35.5. The molecule has 0 bridgehead atoms. The molecule has 36 heavy (non-hydrogen) atoms. The van der Waals surface area contributed by atoms with Crippen LogP contribution in [0.1, 0.15) is 35.8 Å². The van der Waals surface area contributed by atoms with Gasteiger partial charge in [-0.25, -0.2) is 8.42 Å². The standard InChI is InChI=1S/C25H24Cl3N3O4S/c1-15(32)8-9-16-10-22-23(31(14-16)36(34,35)19-5-2-4-17(26)11-19)12-18(13-29-22)30-25(33)24-20(27)6-3-7-21(24)28/h2-7,11-13,15-16,32H,8-10,14H2,1H3,(H,30,33)/t15-,16-/m1/s1. The molecule has 0 radical (unpaired) electrons. The second-order valence-corrected chi connectivity index (χ2v) is 11.8. The van der Waals surface area contributed by atoms with Crippen LogP contribution < -0.4 is 9.62 Å². The summed E-state index contributed by atoms with van der Waals surface area (Å²) in [6.45, 7) is 1.90. The van der Waals surface area contributed by atoms with Crippen LogP contribution in [0.15, 0.2) is 59.6 Å². The largest absolute Gasteiger partial charge is 0.393 e. The Balaban J connectivity index is 1.71. The Morgan fingerprint density at radius 1 is 1.17 bits per heavy atom. The van der Waals surface area contributed by atoms with Crippen LogP contribution >= 0.6 is 34.8 Å². The van der Waals surface area contributed by atoms with Gasteiger partial charge in [0.05, 0.1) is 49.9 Å². The van der Waals surface area contributed by atoms with Gasteiger partial charge in [-0.05, 0) is 68.5 Å². The summed E-state index contributed by atoms with van der Waals surface area (Å²) in [7, 11) is -3.99. The van der Waals surface area contributed by atoms with Crippen molar-refractivity contribution < 1.29 is 18.3 Å². The van der Waals surface area contributed by atoms with Crippen LogP contribution in [0.2, 0.25) is 15.1 Å². The molecule has 0 spiro atoms. The van der Waals surface area contributed by atoms with Crippen molar-refractivity contribution in [2.45, 2.75) is 37.2 Å². The highest BCUT2D eigenvalue weighted by Crippen LogP contribution is 2.37. The Kier molecular flexibility index (Phi) is 8.12. The van der Waals surface area contributed by atoms with E-state index in [2.05, 4.69) is 10.3 Å². The molecule has 2 aromatic carbocycles. The molecule has 0 fully saturated rings. The Morgan fingerprint density at radius 2 is 1.86 bits per heavy atom. The number of aliphatic hydroxyl groups is 1. The van der Waals surface area contributed by atoms with Gasteiger partial charge in [0.1, 0.15) is 0 Å². The van der Waals surface area contributed by atoms with Crippen LogP contribution in [-0.4, -0.2) is 37.1 Å². The maximum atomic E-state index is 13.7. The smallest absolute Gasteiger partial charge is 0.264 e. The van der Waals surface area contributed by atoms with Crippen molar-refractivity contribution in [3.05, 3.63) is 81.1 Å². The van der Waals surface area contributed by atoms with Crippen LogP contribution in [-0.2, 0) is 16.4 Å². The molecule has 7 nitrogen and oxygen atoms in total. The number of benzene rings is 2. The van der Waals surface area contributed by atoms with E-state index < -0.39 is 22.0 Å². The van der Waals surface area contributed by atoms with Crippen molar-refractivity contribution in [2.75, 3.05) is 16.2 Å². The van der Waals surface area contributed by atoms with Gasteiger partial charge < -0.3 is 10.4 Å². The molecule has 0 aliphatic carbocycles. The number of nitrogens with zero attached hydrogens (tertiary/aromatic N) is 2. The maximum Gasteiger partial charge on any atom is 0.264 e. The fourth-order valence-electron chi connectivity index (χ4n) is 4.15. The molecule has 4 rings (SSSR count). The van der Waals surface area contributed by atoms with Crippen LogP contribution in [0, 0.1) is 5.92 Å². The van der Waals surface area contributed by atoms with Crippen molar-refractivity contribution in [1.29, 1.82) is 0 Å². The van der Waals surface area contributed by atoms with Gasteiger partial charge in [-0.3, -0.25) is 14.1 Å². The summed E-state index contributed by atoms with van der Waals surface area (Å²) < 4.78 is 28.7. The van der Waals surface area contributed by atoms with Crippen LogP contribution in [0.25, 0.3) is 0 Å². The van der Waals surface area contributed by atoms with Gasteiger partial charge in [-0.15, -0.1) is 0 Å². The molecule has 1 amide bonds. The van der Waals surface area contributed by atoms with E-state index in [1.165, 1.54) is 22.6 Å².